The van der Waals surface area contributed by atoms with E-state index in [0.29, 0.717) is 22.5 Å². The number of imidazole rings is 1. The number of nitrogens with two attached hydrogens (primary N) is 1. The number of hydrogen-bond acceptors (Lipinski definition) is 3. The van der Waals surface area contributed by atoms with Crippen LogP contribution >= 0.6 is 15.9 Å². The number of nitrogen functional groups attached to an aromatic ring is 1. The Labute approximate surface area is 127 Å². The van der Waals surface area contributed by atoms with Gasteiger partial charge in [-0.05, 0) is 34.1 Å². The molecule has 0 saturated carbocycles. The van der Waals surface area contributed by atoms with Gasteiger partial charge >= 0.3 is 0 Å². The smallest absolute Gasteiger partial charge is 0.206 e. The van der Waals surface area contributed by atoms with Gasteiger partial charge in [0, 0.05) is 12.1 Å². The highest BCUT2D eigenvalue weighted by molar-refractivity contribution is 9.10. The van der Waals surface area contributed by atoms with Crippen LogP contribution in [-0.4, -0.2) is 16.7 Å². The van der Waals surface area contributed by atoms with Gasteiger partial charge in [0.05, 0.1) is 28.3 Å². The van der Waals surface area contributed by atoms with Crippen molar-refractivity contribution in [2.75, 3.05) is 12.8 Å². The van der Waals surface area contributed by atoms with Crippen molar-refractivity contribution in [3.8, 4) is 11.4 Å². The third kappa shape index (κ3) is 2.23. The minimum Gasteiger partial charge on any atom is -0.494 e. The second kappa shape index (κ2) is 5.00. The van der Waals surface area contributed by atoms with E-state index >= 15 is 0 Å². The maximum absolute atomic E-state index is 13.6. The number of nitrogens with zero attached hydrogens (tertiary/aromatic N) is 2. The quantitative estimate of drug-likeness (QED) is 0.764. The number of hydrogen-bond donors (Lipinski definition) is 1. The Morgan fingerprint density at radius 1 is 1.24 bits per heavy atom. The van der Waals surface area contributed by atoms with Gasteiger partial charge in [0.15, 0.2) is 0 Å². The Kier molecular flexibility index (Phi) is 3.29. The molecule has 0 radical (unpaired) electrons. The van der Waals surface area contributed by atoms with E-state index in [4.69, 9.17) is 10.5 Å². The Bertz CT molecular complexity index is 848. The zero-order valence-corrected chi connectivity index (χ0v) is 12.5. The van der Waals surface area contributed by atoms with Gasteiger partial charge in [0.25, 0.3) is 0 Å². The second-order valence-electron chi connectivity index (χ2n) is 4.38. The molecule has 2 aromatic carbocycles. The summed E-state index contributed by atoms with van der Waals surface area (Å²) in [6.45, 7) is 0. The van der Waals surface area contributed by atoms with Crippen LogP contribution < -0.4 is 10.5 Å². The third-order valence-corrected chi connectivity index (χ3v) is 3.71. The van der Waals surface area contributed by atoms with E-state index in [9.17, 15) is 8.78 Å². The number of rotatable bonds is 2. The van der Waals surface area contributed by atoms with Crippen molar-refractivity contribution in [3.05, 3.63) is 46.4 Å². The number of aromatic nitrogens is 2. The number of ether oxygens (including phenoxy) is 1. The van der Waals surface area contributed by atoms with Crippen molar-refractivity contribution in [1.82, 2.24) is 9.55 Å². The summed E-state index contributed by atoms with van der Waals surface area (Å²) in [5.41, 5.74) is 7.43. The van der Waals surface area contributed by atoms with Gasteiger partial charge in [0.1, 0.15) is 17.4 Å². The topological polar surface area (TPSA) is 53.1 Å². The number of halogens is 3. The van der Waals surface area contributed by atoms with Crippen molar-refractivity contribution >= 4 is 32.9 Å². The molecule has 0 fully saturated rings. The summed E-state index contributed by atoms with van der Waals surface area (Å²) < 4.78 is 33.9. The van der Waals surface area contributed by atoms with Crippen LogP contribution in [0.1, 0.15) is 0 Å². The molecule has 3 aromatic rings. The molecule has 2 N–H and O–H groups in total. The Hall–Kier alpha value is -2.15. The van der Waals surface area contributed by atoms with E-state index in [1.54, 1.807) is 10.6 Å². The summed E-state index contributed by atoms with van der Waals surface area (Å²) in [7, 11) is 1.43. The molecule has 0 bridgehead atoms. The van der Waals surface area contributed by atoms with Crippen molar-refractivity contribution in [2.45, 2.75) is 0 Å². The first-order valence-corrected chi connectivity index (χ1v) is 6.77. The maximum atomic E-state index is 13.6. The molecular formula is C14H10BrF2N3O. The molecule has 0 saturated heterocycles. The van der Waals surface area contributed by atoms with E-state index < -0.39 is 11.6 Å². The standard InChI is InChI=1S/C14H10BrF2N3O/c1-21-13-4-7(16)2-3-11(13)20-12-5-8(15)9(17)6-10(12)19-14(20)18/h2-6H,1H3,(H2,18,19). The van der Waals surface area contributed by atoms with Gasteiger partial charge in [-0.1, -0.05) is 0 Å². The summed E-state index contributed by atoms with van der Waals surface area (Å²) >= 11 is 3.13. The summed E-state index contributed by atoms with van der Waals surface area (Å²) in [6, 6.07) is 6.92. The van der Waals surface area contributed by atoms with Crippen molar-refractivity contribution in [1.29, 1.82) is 0 Å². The van der Waals surface area contributed by atoms with E-state index in [1.165, 1.54) is 31.4 Å². The molecule has 1 heterocycles. The normalized spacial score (nSPS) is 11.0. The van der Waals surface area contributed by atoms with Crippen LogP contribution in [0.4, 0.5) is 14.7 Å². The summed E-state index contributed by atoms with van der Waals surface area (Å²) in [6.07, 6.45) is 0. The fraction of sp³-hybridized carbons (Fsp3) is 0.0714. The van der Waals surface area contributed by atoms with E-state index in [1.807, 2.05) is 0 Å². The van der Waals surface area contributed by atoms with E-state index in [0.717, 1.165) is 0 Å². The lowest BCUT2D eigenvalue weighted by Crippen LogP contribution is -2.03. The monoisotopic (exact) mass is 353 g/mol. The number of benzene rings is 2. The summed E-state index contributed by atoms with van der Waals surface area (Å²) in [5.74, 6) is -0.391. The highest BCUT2D eigenvalue weighted by Crippen LogP contribution is 2.32. The molecule has 0 aliphatic heterocycles. The zero-order valence-electron chi connectivity index (χ0n) is 10.9. The summed E-state index contributed by atoms with van der Waals surface area (Å²) in [4.78, 5) is 4.12. The average molecular weight is 354 g/mol. The predicted octanol–water partition coefficient (Wildman–Crippen LogP) is 3.66. The SMILES string of the molecule is COc1cc(F)ccc1-n1c(N)nc2cc(F)c(Br)cc21. The van der Waals surface area contributed by atoms with Gasteiger partial charge < -0.3 is 10.5 Å². The van der Waals surface area contributed by atoms with E-state index in [-0.39, 0.29) is 10.4 Å². The van der Waals surface area contributed by atoms with Gasteiger partial charge in [-0.3, -0.25) is 4.57 Å². The molecule has 1 aromatic heterocycles. The van der Waals surface area contributed by atoms with Crippen LogP contribution in [-0.2, 0) is 0 Å². The van der Waals surface area contributed by atoms with Gasteiger partial charge in [-0.25, -0.2) is 13.8 Å². The van der Waals surface area contributed by atoms with Crippen LogP contribution in [0.5, 0.6) is 5.75 Å². The summed E-state index contributed by atoms with van der Waals surface area (Å²) in [5, 5.41) is 0. The zero-order chi connectivity index (χ0) is 15.1. The molecule has 0 aliphatic rings. The lowest BCUT2D eigenvalue weighted by molar-refractivity contribution is 0.410. The Morgan fingerprint density at radius 2 is 2.00 bits per heavy atom. The fourth-order valence-electron chi connectivity index (χ4n) is 2.18. The first-order chi connectivity index (χ1) is 10.0. The molecule has 0 amide bonds. The number of fused-ring (bicyclic) bond motifs is 1. The molecule has 7 heteroatoms. The van der Waals surface area contributed by atoms with Gasteiger partial charge in [0.2, 0.25) is 5.95 Å². The molecule has 3 rings (SSSR count). The highest BCUT2D eigenvalue weighted by Gasteiger charge is 2.16. The van der Waals surface area contributed by atoms with Gasteiger partial charge in [-0.2, -0.15) is 0 Å². The van der Waals surface area contributed by atoms with Gasteiger partial charge in [-0.15, -0.1) is 0 Å². The average Bonchev–Trinajstić information content (AvgIpc) is 2.75. The molecule has 0 spiro atoms. The minimum absolute atomic E-state index is 0.160. The first-order valence-electron chi connectivity index (χ1n) is 5.98. The second-order valence-corrected chi connectivity index (χ2v) is 5.23. The molecular weight excluding hydrogens is 344 g/mol. The Balaban J connectivity index is 2.35. The molecule has 108 valence electrons. The van der Waals surface area contributed by atoms with Crippen molar-refractivity contribution in [3.63, 3.8) is 0 Å². The van der Waals surface area contributed by atoms with Crippen LogP contribution in [0, 0.1) is 11.6 Å². The lowest BCUT2D eigenvalue weighted by atomic mass is 10.2. The molecule has 21 heavy (non-hydrogen) atoms. The third-order valence-electron chi connectivity index (χ3n) is 3.11. The molecule has 0 atom stereocenters. The number of anilines is 1. The number of methoxy groups -OCH3 is 1. The van der Waals surface area contributed by atoms with Crippen molar-refractivity contribution < 1.29 is 13.5 Å². The first kappa shape index (κ1) is 13.8. The van der Waals surface area contributed by atoms with Crippen LogP contribution in [0.25, 0.3) is 16.7 Å². The maximum Gasteiger partial charge on any atom is 0.206 e. The van der Waals surface area contributed by atoms with Crippen LogP contribution in [0.3, 0.4) is 0 Å². The van der Waals surface area contributed by atoms with Crippen molar-refractivity contribution in [2.24, 2.45) is 0 Å². The van der Waals surface area contributed by atoms with E-state index in [2.05, 4.69) is 20.9 Å². The highest BCUT2D eigenvalue weighted by atomic mass is 79.9. The molecule has 4 nitrogen and oxygen atoms in total. The minimum atomic E-state index is -0.432. The fourth-order valence-corrected chi connectivity index (χ4v) is 2.51. The Morgan fingerprint density at radius 3 is 2.71 bits per heavy atom. The molecule has 0 aliphatic carbocycles. The molecule has 0 unspecified atom stereocenters. The van der Waals surface area contributed by atoms with Crippen LogP contribution in [0.2, 0.25) is 0 Å². The van der Waals surface area contributed by atoms with Crippen LogP contribution in [0.15, 0.2) is 34.8 Å². The predicted molar refractivity (Wildman–Crippen MR) is 79.7 cm³/mol. The lowest BCUT2D eigenvalue weighted by Gasteiger charge is -2.11. The largest absolute Gasteiger partial charge is 0.494 e.